The third-order valence-electron chi connectivity index (χ3n) is 5.19. The number of aromatic nitrogens is 4. The molecule has 0 radical (unpaired) electrons. The number of hydrogen-bond donors (Lipinski definition) is 1. The molecule has 0 aliphatic heterocycles. The van der Waals surface area contributed by atoms with Gasteiger partial charge in [-0.3, -0.25) is 18.8 Å². The van der Waals surface area contributed by atoms with E-state index in [-0.39, 0.29) is 18.0 Å². The first-order valence-corrected chi connectivity index (χ1v) is 10.0. The number of nitrogens with one attached hydrogen (secondary N) is 1. The third-order valence-corrected chi connectivity index (χ3v) is 5.19. The Bertz CT molecular complexity index is 1350. The Hall–Kier alpha value is -3.94. The highest BCUT2D eigenvalue weighted by atomic mass is 16.2. The predicted octanol–water partition coefficient (Wildman–Crippen LogP) is 2.23. The Morgan fingerprint density at radius 2 is 1.87 bits per heavy atom. The number of aromatic amines is 1. The van der Waals surface area contributed by atoms with E-state index in [0.717, 1.165) is 15.7 Å². The standard InChI is InChI=1S/C23H23N5O3/c1-3-28-22(30)19-10-9-18(11-20(19)25-23(28)31)21(29)26(2)13-17-12-24-27(15-17)14-16-7-5-4-6-8-16/h4-12,15H,3,13-14H2,1-2H3,(H,25,31). The van der Waals surface area contributed by atoms with Crippen LogP contribution in [-0.4, -0.2) is 37.2 Å². The number of H-pyrrole nitrogens is 1. The smallest absolute Gasteiger partial charge is 0.328 e. The maximum Gasteiger partial charge on any atom is 0.328 e. The van der Waals surface area contributed by atoms with Gasteiger partial charge in [0.05, 0.1) is 23.6 Å². The van der Waals surface area contributed by atoms with Crippen LogP contribution < -0.4 is 11.2 Å². The van der Waals surface area contributed by atoms with Crippen molar-refractivity contribution in [1.82, 2.24) is 24.2 Å². The van der Waals surface area contributed by atoms with Crippen LogP contribution in [0.15, 0.2) is 70.5 Å². The van der Waals surface area contributed by atoms with E-state index in [1.165, 1.54) is 0 Å². The van der Waals surface area contributed by atoms with Crippen molar-refractivity contribution >= 4 is 16.8 Å². The van der Waals surface area contributed by atoms with Crippen molar-refractivity contribution in [3.8, 4) is 0 Å². The highest BCUT2D eigenvalue weighted by Gasteiger charge is 2.15. The second-order valence-corrected chi connectivity index (χ2v) is 7.43. The van der Waals surface area contributed by atoms with Gasteiger partial charge in [0, 0.05) is 37.5 Å². The average molecular weight is 417 g/mol. The predicted molar refractivity (Wildman–Crippen MR) is 118 cm³/mol. The van der Waals surface area contributed by atoms with Crippen molar-refractivity contribution in [2.75, 3.05) is 7.05 Å². The summed E-state index contributed by atoms with van der Waals surface area (Å²) in [5.74, 6) is -0.210. The van der Waals surface area contributed by atoms with E-state index in [9.17, 15) is 14.4 Å². The summed E-state index contributed by atoms with van der Waals surface area (Å²) >= 11 is 0. The Kier molecular flexibility index (Phi) is 5.53. The van der Waals surface area contributed by atoms with Gasteiger partial charge in [-0.05, 0) is 30.7 Å². The molecular weight excluding hydrogens is 394 g/mol. The molecule has 0 bridgehead atoms. The Labute approximate surface area is 178 Å². The van der Waals surface area contributed by atoms with Gasteiger partial charge in [-0.15, -0.1) is 0 Å². The molecule has 2 heterocycles. The van der Waals surface area contributed by atoms with Gasteiger partial charge in [0.25, 0.3) is 11.5 Å². The minimum atomic E-state index is -0.483. The van der Waals surface area contributed by atoms with Crippen LogP contribution in [0.3, 0.4) is 0 Å². The zero-order valence-electron chi connectivity index (χ0n) is 17.4. The van der Waals surface area contributed by atoms with E-state index in [2.05, 4.69) is 10.1 Å². The fraction of sp³-hybridized carbons (Fsp3) is 0.217. The Morgan fingerprint density at radius 1 is 1.10 bits per heavy atom. The number of carbonyl (C=O) groups is 1. The molecule has 8 heteroatoms. The summed E-state index contributed by atoms with van der Waals surface area (Å²) in [6, 6.07) is 14.8. The van der Waals surface area contributed by atoms with E-state index in [1.54, 1.807) is 43.3 Å². The fourth-order valence-corrected chi connectivity index (χ4v) is 3.59. The van der Waals surface area contributed by atoms with Gasteiger partial charge in [-0.1, -0.05) is 30.3 Å². The van der Waals surface area contributed by atoms with Gasteiger partial charge in [-0.25, -0.2) is 4.79 Å². The van der Waals surface area contributed by atoms with Crippen molar-refractivity contribution in [2.45, 2.75) is 26.6 Å². The van der Waals surface area contributed by atoms with Crippen molar-refractivity contribution in [1.29, 1.82) is 0 Å². The van der Waals surface area contributed by atoms with E-state index in [1.807, 2.05) is 41.2 Å². The molecule has 1 N–H and O–H groups in total. The first-order chi connectivity index (χ1) is 15.0. The molecule has 0 saturated carbocycles. The lowest BCUT2D eigenvalue weighted by atomic mass is 10.1. The zero-order chi connectivity index (χ0) is 22.0. The molecule has 0 atom stereocenters. The van der Waals surface area contributed by atoms with E-state index in [0.29, 0.717) is 29.6 Å². The molecule has 1 amide bonds. The van der Waals surface area contributed by atoms with Crippen molar-refractivity contribution in [2.24, 2.45) is 0 Å². The summed E-state index contributed by atoms with van der Waals surface area (Å²) in [4.78, 5) is 41.7. The third kappa shape index (κ3) is 4.18. The van der Waals surface area contributed by atoms with Crippen LogP contribution in [0.1, 0.15) is 28.4 Å². The van der Waals surface area contributed by atoms with Gasteiger partial charge in [0.1, 0.15) is 0 Å². The van der Waals surface area contributed by atoms with E-state index < -0.39 is 5.69 Å². The van der Waals surface area contributed by atoms with Crippen molar-refractivity contribution in [3.05, 3.63) is 98.5 Å². The van der Waals surface area contributed by atoms with Crippen LogP contribution in [0.25, 0.3) is 10.9 Å². The van der Waals surface area contributed by atoms with Gasteiger partial charge in [0.15, 0.2) is 0 Å². The quantitative estimate of drug-likeness (QED) is 0.521. The fourth-order valence-electron chi connectivity index (χ4n) is 3.59. The Morgan fingerprint density at radius 3 is 2.61 bits per heavy atom. The molecule has 8 nitrogen and oxygen atoms in total. The first-order valence-electron chi connectivity index (χ1n) is 10.0. The number of rotatable bonds is 6. The van der Waals surface area contributed by atoms with Crippen molar-refractivity contribution < 1.29 is 4.79 Å². The molecule has 4 aromatic rings. The minimum absolute atomic E-state index is 0.210. The zero-order valence-corrected chi connectivity index (χ0v) is 17.4. The molecular formula is C23H23N5O3. The molecule has 31 heavy (non-hydrogen) atoms. The number of carbonyl (C=O) groups excluding carboxylic acids is 1. The molecule has 0 unspecified atom stereocenters. The molecule has 0 aliphatic rings. The second-order valence-electron chi connectivity index (χ2n) is 7.43. The SMILES string of the molecule is CCn1c(=O)[nH]c2cc(C(=O)N(C)Cc3cnn(Cc4ccccc4)c3)ccc2c1=O. The lowest BCUT2D eigenvalue weighted by molar-refractivity contribution is 0.0785. The van der Waals surface area contributed by atoms with E-state index >= 15 is 0 Å². The van der Waals surface area contributed by atoms with Gasteiger partial charge in [-0.2, -0.15) is 5.10 Å². The molecule has 0 spiro atoms. The van der Waals surface area contributed by atoms with Crippen LogP contribution >= 0.6 is 0 Å². The highest BCUT2D eigenvalue weighted by Crippen LogP contribution is 2.13. The number of benzene rings is 2. The van der Waals surface area contributed by atoms with Crippen LogP contribution in [0, 0.1) is 0 Å². The highest BCUT2D eigenvalue weighted by molar-refractivity contribution is 5.97. The summed E-state index contributed by atoms with van der Waals surface area (Å²) in [5.41, 5.74) is 1.97. The summed E-state index contributed by atoms with van der Waals surface area (Å²) < 4.78 is 2.96. The lowest BCUT2D eigenvalue weighted by Crippen LogP contribution is -2.34. The number of hydrogen-bond acceptors (Lipinski definition) is 4. The van der Waals surface area contributed by atoms with Gasteiger partial charge in [0.2, 0.25) is 0 Å². The summed E-state index contributed by atoms with van der Waals surface area (Å²) in [7, 11) is 1.71. The van der Waals surface area contributed by atoms with Gasteiger partial charge < -0.3 is 9.88 Å². The van der Waals surface area contributed by atoms with Crippen LogP contribution in [0.4, 0.5) is 0 Å². The van der Waals surface area contributed by atoms with Crippen LogP contribution in [0.5, 0.6) is 0 Å². The molecule has 4 rings (SSSR count). The van der Waals surface area contributed by atoms with Crippen LogP contribution in [-0.2, 0) is 19.6 Å². The van der Waals surface area contributed by atoms with Crippen molar-refractivity contribution in [3.63, 3.8) is 0 Å². The molecule has 0 fully saturated rings. The summed E-state index contributed by atoms with van der Waals surface area (Å²) in [6.45, 7) is 3.06. The molecule has 2 aromatic heterocycles. The summed E-state index contributed by atoms with van der Waals surface area (Å²) in [6.07, 6.45) is 3.67. The first kappa shape index (κ1) is 20.3. The molecule has 0 aliphatic carbocycles. The molecule has 158 valence electrons. The minimum Gasteiger partial charge on any atom is -0.337 e. The molecule has 0 saturated heterocycles. The average Bonchev–Trinajstić information content (AvgIpc) is 3.20. The summed E-state index contributed by atoms with van der Waals surface area (Å²) in [5, 5.41) is 4.75. The number of amides is 1. The number of fused-ring (bicyclic) bond motifs is 1. The monoisotopic (exact) mass is 417 g/mol. The topological polar surface area (TPSA) is 93.0 Å². The maximum atomic E-state index is 12.9. The van der Waals surface area contributed by atoms with Crippen LogP contribution in [0.2, 0.25) is 0 Å². The maximum absolute atomic E-state index is 12.9. The van der Waals surface area contributed by atoms with E-state index in [4.69, 9.17) is 0 Å². The largest absolute Gasteiger partial charge is 0.337 e. The lowest BCUT2D eigenvalue weighted by Gasteiger charge is -2.16. The number of nitrogens with zero attached hydrogens (tertiary/aromatic N) is 4. The second kappa shape index (κ2) is 8.43. The normalized spacial score (nSPS) is 11.0. The molecule has 2 aromatic carbocycles. The van der Waals surface area contributed by atoms with Gasteiger partial charge >= 0.3 is 5.69 Å². The Balaban J connectivity index is 1.51.